The highest BCUT2D eigenvalue weighted by Crippen LogP contribution is 2.28. The van der Waals surface area contributed by atoms with E-state index in [-0.39, 0.29) is 11.0 Å². The first-order valence-corrected chi connectivity index (χ1v) is 7.74. The van der Waals surface area contributed by atoms with Gasteiger partial charge in [-0.2, -0.15) is 4.98 Å². The molecule has 106 valence electrons. The van der Waals surface area contributed by atoms with Crippen LogP contribution < -0.4 is 15.8 Å². The molecule has 1 aromatic carbocycles. The Morgan fingerprint density at radius 1 is 1.25 bits per heavy atom. The molecule has 2 aromatic rings. The van der Waals surface area contributed by atoms with Gasteiger partial charge in [0.25, 0.3) is 0 Å². The summed E-state index contributed by atoms with van der Waals surface area (Å²) < 4.78 is 25.0. The van der Waals surface area contributed by atoms with E-state index in [1.807, 2.05) is 0 Å². The Hall–Kier alpha value is -2.06. The zero-order valence-electron chi connectivity index (χ0n) is 10.5. The third-order valence-corrected chi connectivity index (χ3v) is 3.11. The number of nitrogens with two attached hydrogens (primary N) is 1. The minimum Gasteiger partial charge on any atom is -0.368 e. The summed E-state index contributed by atoms with van der Waals surface area (Å²) in [6.07, 6.45) is 2.43. The van der Waals surface area contributed by atoms with Gasteiger partial charge in [-0.25, -0.2) is 13.4 Å². The maximum Gasteiger partial charge on any atom is 0.229 e. The van der Waals surface area contributed by atoms with Crippen molar-refractivity contribution in [2.24, 2.45) is 0 Å². The number of rotatable bonds is 4. The van der Waals surface area contributed by atoms with Crippen molar-refractivity contribution in [2.45, 2.75) is 0 Å². The van der Waals surface area contributed by atoms with Crippen LogP contribution in [0.1, 0.15) is 0 Å². The normalized spacial score (nSPS) is 11.1. The van der Waals surface area contributed by atoms with Gasteiger partial charge < -0.3 is 11.1 Å². The molecule has 1 heterocycles. The topological polar surface area (TPSA) is 110 Å². The average Bonchev–Trinajstić information content (AvgIpc) is 2.34. The van der Waals surface area contributed by atoms with Gasteiger partial charge in [0.1, 0.15) is 5.02 Å². The number of nitrogens with zero attached hydrogens (tertiary/aromatic N) is 2. The molecular weight excluding hydrogens is 302 g/mol. The number of nitrogens with one attached hydrogen (secondary N) is 2. The van der Waals surface area contributed by atoms with Crippen LogP contribution in [0.15, 0.2) is 30.5 Å². The highest BCUT2D eigenvalue weighted by atomic mass is 35.5. The van der Waals surface area contributed by atoms with E-state index in [0.717, 1.165) is 6.26 Å². The van der Waals surface area contributed by atoms with Crippen molar-refractivity contribution in [3.8, 4) is 0 Å². The van der Waals surface area contributed by atoms with Crippen molar-refractivity contribution >= 4 is 44.8 Å². The summed E-state index contributed by atoms with van der Waals surface area (Å²) in [6, 6.07) is 6.74. The van der Waals surface area contributed by atoms with Gasteiger partial charge >= 0.3 is 0 Å². The average molecular weight is 314 g/mol. The monoisotopic (exact) mass is 313 g/mol. The number of hydrogen-bond acceptors (Lipinski definition) is 6. The molecule has 0 spiro atoms. The van der Waals surface area contributed by atoms with Crippen molar-refractivity contribution < 1.29 is 8.42 Å². The number of halogens is 1. The third kappa shape index (κ3) is 3.72. The van der Waals surface area contributed by atoms with Crippen molar-refractivity contribution in [3.05, 3.63) is 35.5 Å². The van der Waals surface area contributed by atoms with Crippen LogP contribution in [-0.4, -0.2) is 24.6 Å². The maximum absolute atomic E-state index is 11.3. The highest BCUT2D eigenvalue weighted by Gasteiger charge is 2.10. The fourth-order valence-electron chi connectivity index (χ4n) is 1.48. The van der Waals surface area contributed by atoms with Crippen LogP contribution in [0.4, 0.5) is 23.1 Å². The Balaban J connectivity index is 2.36. The molecule has 0 aliphatic rings. The molecule has 0 unspecified atom stereocenters. The molecule has 0 aliphatic heterocycles. The molecule has 0 radical (unpaired) electrons. The summed E-state index contributed by atoms with van der Waals surface area (Å²) in [5.41, 5.74) is 6.36. The Morgan fingerprint density at radius 3 is 2.55 bits per heavy atom. The summed E-state index contributed by atoms with van der Waals surface area (Å²) in [7, 11) is -3.39. The standard InChI is InChI=1S/C11H12ClN5O2S/c1-20(18,19)17-9-5-3-2-4-8(9)15-10-7(12)6-14-11(13)16-10/h2-6,17H,1H3,(H3,13,14,15,16). The van der Waals surface area contributed by atoms with Crippen LogP contribution in [0.2, 0.25) is 5.02 Å². The first kappa shape index (κ1) is 14.4. The lowest BCUT2D eigenvalue weighted by atomic mass is 10.2. The lowest BCUT2D eigenvalue weighted by molar-refractivity contribution is 0.607. The quantitative estimate of drug-likeness (QED) is 0.794. The van der Waals surface area contributed by atoms with Crippen molar-refractivity contribution in [2.75, 3.05) is 22.0 Å². The summed E-state index contributed by atoms with van der Waals surface area (Å²) in [6.45, 7) is 0. The molecule has 0 saturated carbocycles. The fourth-order valence-corrected chi connectivity index (χ4v) is 2.19. The second-order valence-corrected chi connectivity index (χ2v) is 6.13. The molecule has 2 rings (SSSR count). The Bertz CT molecular complexity index is 735. The first-order valence-electron chi connectivity index (χ1n) is 5.47. The first-order chi connectivity index (χ1) is 9.35. The van der Waals surface area contributed by atoms with Crippen LogP contribution in [0, 0.1) is 0 Å². The Kier molecular flexibility index (Phi) is 3.96. The van der Waals surface area contributed by atoms with E-state index < -0.39 is 10.0 Å². The van der Waals surface area contributed by atoms with Crippen molar-refractivity contribution in [1.82, 2.24) is 9.97 Å². The van der Waals surface area contributed by atoms with Gasteiger partial charge in [-0.3, -0.25) is 4.72 Å². The molecule has 0 aliphatic carbocycles. The van der Waals surface area contributed by atoms with Gasteiger partial charge in [0.2, 0.25) is 16.0 Å². The molecule has 0 atom stereocenters. The second kappa shape index (κ2) is 5.51. The number of sulfonamides is 1. The Morgan fingerprint density at radius 2 is 1.90 bits per heavy atom. The number of para-hydroxylation sites is 2. The largest absolute Gasteiger partial charge is 0.368 e. The molecule has 20 heavy (non-hydrogen) atoms. The van der Waals surface area contributed by atoms with Crippen molar-refractivity contribution in [3.63, 3.8) is 0 Å². The molecule has 0 fully saturated rings. The van der Waals surface area contributed by atoms with Gasteiger partial charge in [-0.15, -0.1) is 0 Å². The number of benzene rings is 1. The maximum atomic E-state index is 11.3. The van der Waals surface area contributed by atoms with Crippen LogP contribution >= 0.6 is 11.6 Å². The smallest absolute Gasteiger partial charge is 0.229 e. The second-order valence-electron chi connectivity index (χ2n) is 3.97. The minimum atomic E-state index is -3.39. The molecule has 4 N–H and O–H groups in total. The molecule has 1 aromatic heterocycles. The lowest BCUT2D eigenvalue weighted by Gasteiger charge is -2.13. The molecule has 9 heteroatoms. The zero-order chi connectivity index (χ0) is 14.8. The summed E-state index contributed by atoms with van der Waals surface area (Å²) in [4.78, 5) is 7.70. The van der Waals surface area contributed by atoms with Crippen LogP contribution in [0.5, 0.6) is 0 Å². The SMILES string of the molecule is CS(=O)(=O)Nc1ccccc1Nc1nc(N)ncc1Cl. The molecule has 0 bridgehead atoms. The molecule has 7 nitrogen and oxygen atoms in total. The van der Waals surface area contributed by atoms with Crippen LogP contribution in [0.25, 0.3) is 0 Å². The fraction of sp³-hybridized carbons (Fsp3) is 0.0909. The lowest BCUT2D eigenvalue weighted by Crippen LogP contribution is -2.11. The predicted molar refractivity (Wildman–Crippen MR) is 79.6 cm³/mol. The van der Waals surface area contributed by atoms with E-state index in [4.69, 9.17) is 17.3 Å². The van der Waals surface area contributed by atoms with Gasteiger partial charge in [0.15, 0.2) is 5.82 Å². The summed E-state index contributed by atoms with van der Waals surface area (Å²) in [5, 5.41) is 3.19. The number of anilines is 4. The van der Waals surface area contributed by atoms with E-state index in [2.05, 4.69) is 20.0 Å². The zero-order valence-corrected chi connectivity index (χ0v) is 12.0. The Labute approximate surface area is 121 Å². The van der Waals surface area contributed by atoms with E-state index in [9.17, 15) is 8.42 Å². The van der Waals surface area contributed by atoms with Gasteiger partial charge in [0, 0.05) is 0 Å². The molecule has 0 amide bonds. The number of hydrogen-bond donors (Lipinski definition) is 3. The van der Waals surface area contributed by atoms with E-state index in [1.165, 1.54) is 6.20 Å². The van der Waals surface area contributed by atoms with E-state index in [1.54, 1.807) is 24.3 Å². The predicted octanol–water partition coefficient (Wildman–Crippen LogP) is 1.83. The molecule has 0 saturated heterocycles. The van der Waals surface area contributed by atoms with Gasteiger partial charge in [0.05, 0.1) is 23.8 Å². The van der Waals surface area contributed by atoms with Crippen molar-refractivity contribution in [1.29, 1.82) is 0 Å². The van der Waals surface area contributed by atoms with Gasteiger partial charge in [-0.05, 0) is 12.1 Å². The number of aromatic nitrogens is 2. The highest BCUT2D eigenvalue weighted by molar-refractivity contribution is 7.92. The van der Waals surface area contributed by atoms with Crippen LogP contribution in [0.3, 0.4) is 0 Å². The third-order valence-electron chi connectivity index (χ3n) is 2.24. The minimum absolute atomic E-state index is 0.0606. The van der Waals surface area contributed by atoms with Crippen LogP contribution in [-0.2, 0) is 10.0 Å². The number of nitrogen functional groups attached to an aromatic ring is 1. The van der Waals surface area contributed by atoms with E-state index >= 15 is 0 Å². The summed E-state index contributed by atoms with van der Waals surface area (Å²) in [5.74, 6) is 0.354. The summed E-state index contributed by atoms with van der Waals surface area (Å²) >= 11 is 5.95. The van der Waals surface area contributed by atoms with E-state index in [0.29, 0.717) is 17.2 Å². The van der Waals surface area contributed by atoms with Gasteiger partial charge in [-0.1, -0.05) is 23.7 Å². The molecular formula is C11H12ClN5O2S.